The molecule has 1 fully saturated rings. The van der Waals surface area contributed by atoms with Crippen molar-refractivity contribution in [2.45, 2.75) is 32.6 Å². The summed E-state index contributed by atoms with van der Waals surface area (Å²) in [5.41, 5.74) is 3.85. The Morgan fingerprint density at radius 2 is 1.83 bits per heavy atom. The van der Waals surface area contributed by atoms with Crippen molar-refractivity contribution >= 4 is 26.5 Å². The second kappa shape index (κ2) is 9.20. The first-order valence-corrected chi connectivity index (χ1v) is 13.8. The fourth-order valence-corrected chi connectivity index (χ4v) is 5.22. The number of rotatable bonds is 8. The molecule has 0 saturated heterocycles. The SMILES string of the molecule is CCS(=O)(=O)Nc1cc(-c2cn(C)c(=O)c3ccc(-c4cnn(C)c4)cc23)c(CCC2CC2)cc1F. The monoisotopic (exact) mass is 508 g/mol. The van der Waals surface area contributed by atoms with Crippen molar-refractivity contribution in [1.29, 1.82) is 0 Å². The molecule has 9 heteroatoms. The minimum Gasteiger partial charge on any atom is -0.317 e. The minimum atomic E-state index is -3.67. The molecule has 36 heavy (non-hydrogen) atoms. The first kappa shape index (κ1) is 24.2. The van der Waals surface area contributed by atoms with Gasteiger partial charge in [0.15, 0.2) is 0 Å². The van der Waals surface area contributed by atoms with E-state index in [1.807, 2.05) is 25.4 Å². The molecular weight excluding hydrogens is 479 g/mol. The van der Waals surface area contributed by atoms with Gasteiger partial charge in [0.2, 0.25) is 10.0 Å². The molecule has 0 aliphatic heterocycles. The number of hydrogen-bond donors (Lipinski definition) is 1. The Balaban J connectivity index is 1.75. The highest BCUT2D eigenvalue weighted by Gasteiger charge is 2.23. The molecule has 2 aromatic carbocycles. The number of hydrogen-bond acceptors (Lipinski definition) is 4. The number of sulfonamides is 1. The molecule has 0 bridgehead atoms. The highest BCUT2D eigenvalue weighted by Crippen LogP contribution is 2.38. The Labute approximate surface area is 209 Å². The molecular formula is C27H29FN4O3S. The lowest BCUT2D eigenvalue weighted by Crippen LogP contribution is -2.17. The van der Waals surface area contributed by atoms with Crippen LogP contribution in [0.3, 0.4) is 0 Å². The molecule has 4 aromatic rings. The molecule has 0 radical (unpaired) electrons. The molecule has 188 valence electrons. The van der Waals surface area contributed by atoms with E-state index in [9.17, 15) is 13.2 Å². The van der Waals surface area contributed by atoms with Crippen LogP contribution in [0, 0.1) is 11.7 Å². The van der Waals surface area contributed by atoms with E-state index in [2.05, 4.69) is 9.82 Å². The maximum atomic E-state index is 15.1. The number of nitrogens with zero attached hydrogens (tertiary/aromatic N) is 3. The summed E-state index contributed by atoms with van der Waals surface area (Å²) in [4.78, 5) is 13.0. The molecule has 1 saturated carbocycles. The number of benzene rings is 2. The zero-order chi connectivity index (χ0) is 25.6. The van der Waals surface area contributed by atoms with Crippen LogP contribution in [0.25, 0.3) is 33.0 Å². The third-order valence-electron chi connectivity index (χ3n) is 6.87. The highest BCUT2D eigenvalue weighted by atomic mass is 32.2. The number of halogens is 1. The Hall–Kier alpha value is -3.46. The van der Waals surface area contributed by atoms with Gasteiger partial charge in [-0.25, -0.2) is 12.8 Å². The van der Waals surface area contributed by atoms with Crippen LogP contribution in [0.4, 0.5) is 10.1 Å². The van der Waals surface area contributed by atoms with Gasteiger partial charge >= 0.3 is 0 Å². The Bertz CT molecular complexity index is 1640. The van der Waals surface area contributed by atoms with Gasteiger partial charge in [0.1, 0.15) is 5.82 Å². The average molecular weight is 509 g/mol. The summed E-state index contributed by atoms with van der Waals surface area (Å²) >= 11 is 0. The lowest BCUT2D eigenvalue weighted by atomic mass is 9.91. The molecule has 0 unspecified atom stereocenters. The predicted octanol–water partition coefficient (Wildman–Crippen LogP) is 4.85. The van der Waals surface area contributed by atoms with E-state index >= 15 is 4.39 Å². The van der Waals surface area contributed by atoms with Crippen LogP contribution in [0.5, 0.6) is 0 Å². The van der Waals surface area contributed by atoms with E-state index in [1.165, 1.54) is 30.4 Å². The molecule has 1 aliphatic rings. The van der Waals surface area contributed by atoms with Gasteiger partial charge in [-0.3, -0.25) is 14.2 Å². The maximum absolute atomic E-state index is 15.1. The van der Waals surface area contributed by atoms with Crippen LogP contribution in [-0.2, 0) is 30.5 Å². The van der Waals surface area contributed by atoms with Gasteiger partial charge in [-0.1, -0.05) is 18.9 Å². The fourth-order valence-electron chi connectivity index (χ4n) is 4.59. The predicted molar refractivity (Wildman–Crippen MR) is 141 cm³/mol. The van der Waals surface area contributed by atoms with Crippen molar-refractivity contribution in [3.05, 3.63) is 70.7 Å². The van der Waals surface area contributed by atoms with Gasteiger partial charge in [-0.05, 0) is 72.0 Å². The zero-order valence-corrected chi connectivity index (χ0v) is 21.4. The molecule has 2 heterocycles. The first-order chi connectivity index (χ1) is 17.1. The third-order valence-corrected chi connectivity index (χ3v) is 8.16. The number of pyridine rings is 1. The van der Waals surface area contributed by atoms with E-state index in [4.69, 9.17) is 0 Å². The molecule has 7 nitrogen and oxygen atoms in total. The van der Waals surface area contributed by atoms with Crippen LogP contribution >= 0.6 is 0 Å². The Kier molecular flexibility index (Phi) is 6.20. The van der Waals surface area contributed by atoms with Crippen molar-refractivity contribution in [3.63, 3.8) is 0 Å². The number of anilines is 1. The van der Waals surface area contributed by atoms with E-state index in [1.54, 1.807) is 36.3 Å². The van der Waals surface area contributed by atoms with E-state index < -0.39 is 15.8 Å². The Morgan fingerprint density at radius 1 is 1.06 bits per heavy atom. The average Bonchev–Trinajstić information content (AvgIpc) is 3.59. The normalized spacial score (nSPS) is 13.9. The van der Waals surface area contributed by atoms with E-state index in [0.29, 0.717) is 17.7 Å². The van der Waals surface area contributed by atoms with Crippen LogP contribution in [-0.4, -0.2) is 28.5 Å². The molecule has 0 atom stereocenters. The summed E-state index contributed by atoms with van der Waals surface area (Å²) in [5.74, 6) is -0.123. The smallest absolute Gasteiger partial charge is 0.258 e. The molecule has 0 amide bonds. The number of aryl methyl sites for hydroxylation is 3. The number of nitrogens with one attached hydrogen (secondary N) is 1. The third kappa shape index (κ3) is 4.80. The molecule has 2 aromatic heterocycles. The fraction of sp³-hybridized carbons (Fsp3) is 0.333. The summed E-state index contributed by atoms with van der Waals surface area (Å²) in [5, 5.41) is 5.52. The van der Waals surface area contributed by atoms with Crippen LogP contribution < -0.4 is 10.3 Å². The zero-order valence-electron chi connectivity index (χ0n) is 20.6. The van der Waals surface area contributed by atoms with Crippen molar-refractivity contribution in [3.8, 4) is 22.3 Å². The van der Waals surface area contributed by atoms with Gasteiger partial charge in [0.25, 0.3) is 5.56 Å². The van der Waals surface area contributed by atoms with Crippen LogP contribution in [0.1, 0.15) is 31.7 Å². The van der Waals surface area contributed by atoms with Gasteiger partial charge in [0, 0.05) is 43.0 Å². The van der Waals surface area contributed by atoms with E-state index in [0.717, 1.165) is 39.6 Å². The lowest BCUT2D eigenvalue weighted by Gasteiger charge is -2.17. The Morgan fingerprint density at radius 3 is 2.50 bits per heavy atom. The first-order valence-electron chi connectivity index (χ1n) is 12.1. The molecule has 1 aliphatic carbocycles. The molecule has 0 spiro atoms. The topological polar surface area (TPSA) is 86.0 Å². The number of fused-ring (bicyclic) bond motifs is 1. The summed E-state index contributed by atoms with van der Waals surface area (Å²) < 4.78 is 45.2. The quantitative estimate of drug-likeness (QED) is 0.369. The number of aromatic nitrogens is 3. The summed E-state index contributed by atoms with van der Waals surface area (Å²) in [7, 11) is -0.143. The van der Waals surface area contributed by atoms with Crippen LogP contribution in [0.15, 0.2) is 53.7 Å². The van der Waals surface area contributed by atoms with Crippen molar-refractivity contribution in [1.82, 2.24) is 14.3 Å². The maximum Gasteiger partial charge on any atom is 0.258 e. The standard InChI is InChI=1S/C27H29FN4O3S/c1-4-36(34,35)30-26-13-22(19(12-25(26)28)8-7-17-5-6-17)24-16-31(2)27(33)21-10-9-18(11-23(21)24)20-14-29-32(3)15-20/h9-17,30H,4-8H2,1-3H3. The summed E-state index contributed by atoms with van der Waals surface area (Å²) in [6, 6.07) is 8.66. The van der Waals surface area contributed by atoms with Gasteiger partial charge in [-0.2, -0.15) is 5.10 Å². The van der Waals surface area contributed by atoms with Gasteiger partial charge in [0.05, 0.1) is 17.6 Å². The van der Waals surface area contributed by atoms with Crippen molar-refractivity contribution < 1.29 is 12.8 Å². The van der Waals surface area contributed by atoms with Gasteiger partial charge in [-0.15, -0.1) is 0 Å². The summed E-state index contributed by atoms with van der Waals surface area (Å²) in [6.45, 7) is 1.51. The van der Waals surface area contributed by atoms with Crippen molar-refractivity contribution in [2.75, 3.05) is 10.5 Å². The summed E-state index contributed by atoms with van der Waals surface area (Å²) in [6.07, 6.45) is 9.40. The molecule has 1 N–H and O–H groups in total. The van der Waals surface area contributed by atoms with Gasteiger partial charge < -0.3 is 4.57 Å². The van der Waals surface area contributed by atoms with Crippen LogP contribution in [0.2, 0.25) is 0 Å². The minimum absolute atomic E-state index is 0.0903. The van der Waals surface area contributed by atoms with E-state index in [-0.39, 0.29) is 17.0 Å². The second-order valence-electron chi connectivity index (χ2n) is 9.60. The second-order valence-corrected chi connectivity index (χ2v) is 11.6. The highest BCUT2D eigenvalue weighted by molar-refractivity contribution is 7.92. The molecule has 5 rings (SSSR count). The van der Waals surface area contributed by atoms with Crippen molar-refractivity contribution in [2.24, 2.45) is 20.0 Å². The largest absolute Gasteiger partial charge is 0.317 e. The lowest BCUT2D eigenvalue weighted by molar-refractivity contribution is 0.599.